The summed E-state index contributed by atoms with van der Waals surface area (Å²) in [6, 6.07) is 15.8. The molecule has 0 aliphatic heterocycles. The van der Waals surface area contributed by atoms with Crippen LogP contribution in [0.5, 0.6) is 0 Å². The van der Waals surface area contributed by atoms with Crippen LogP contribution in [-0.4, -0.2) is 20.1 Å². The first-order chi connectivity index (χ1) is 14.6. The predicted molar refractivity (Wildman–Crippen MR) is 123 cm³/mol. The highest BCUT2D eigenvalue weighted by Gasteiger charge is 2.21. The molecule has 3 aromatic rings. The van der Waals surface area contributed by atoms with Gasteiger partial charge in [-0.2, -0.15) is 0 Å². The fourth-order valence-electron chi connectivity index (χ4n) is 2.93. The summed E-state index contributed by atoms with van der Waals surface area (Å²) in [6.07, 6.45) is 0. The fraction of sp³-hybridized carbons (Fsp3) is 0.130. The Bertz CT molecular complexity index is 1290. The smallest absolute Gasteiger partial charge is 0.263 e. The van der Waals surface area contributed by atoms with Gasteiger partial charge in [-0.1, -0.05) is 35.9 Å². The largest absolute Gasteiger partial charge is 0.322 e. The summed E-state index contributed by atoms with van der Waals surface area (Å²) in [5.41, 5.74) is 3.15. The summed E-state index contributed by atoms with van der Waals surface area (Å²) in [6.45, 7) is 5.13. The quantitative estimate of drug-likeness (QED) is 0.498. The Balaban J connectivity index is 1.90. The molecule has 0 atom stereocenters. The van der Waals surface area contributed by atoms with Crippen molar-refractivity contribution in [3.63, 3.8) is 0 Å². The molecule has 31 heavy (non-hydrogen) atoms. The number of rotatable bonds is 6. The van der Waals surface area contributed by atoms with Crippen molar-refractivity contribution in [1.29, 1.82) is 0 Å². The number of amides is 1. The van der Waals surface area contributed by atoms with Gasteiger partial charge >= 0.3 is 0 Å². The molecule has 0 spiro atoms. The maximum Gasteiger partial charge on any atom is 0.263 e. The molecule has 0 bridgehead atoms. The van der Waals surface area contributed by atoms with E-state index in [-0.39, 0.29) is 21.3 Å². The second-order valence-electron chi connectivity index (χ2n) is 7.09. The van der Waals surface area contributed by atoms with Gasteiger partial charge < -0.3 is 5.32 Å². The lowest BCUT2D eigenvalue weighted by molar-refractivity contribution is 0.101. The number of nitrogens with one attached hydrogen (secondary N) is 2. The number of ketones is 1. The van der Waals surface area contributed by atoms with Crippen molar-refractivity contribution in [2.75, 3.05) is 10.0 Å². The third-order valence-electron chi connectivity index (χ3n) is 4.86. The van der Waals surface area contributed by atoms with Crippen LogP contribution in [0.1, 0.15) is 38.8 Å². The fourth-order valence-corrected chi connectivity index (χ4v) is 4.58. The van der Waals surface area contributed by atoms with Crippen molar-refractivity contribution in [2.45, 2.75) is 25.7 Å². The lowest BCUT2D eigenvalue weighted by Crippen LogP contribution is -2.17. The number of hydrogen-bond acceptors (Lipinski definition) is 4. The molecular weight excluding hydrogens is 436 g/mol. The molecule has 0 saturated heterocycles. The molecule has 0 aliphatic rings. The Morgan fingerprint density at radius 1 is 0.903 bits per heavy atom. The minimum absolute atomic E-state index is 0.00654. The Labute approximate surface area is 186 Å². The number of carbonyl (C=O) groups excluding carboxylic acids is 2. The second kappa shape index (κ2) is 8.91. The summed E-state index contributed by atoms with van der Waals surface area (Å²) >= 11 is 6.15. The molecule has 160 valence electrons. The second-order valence-corrected chi connectivity index (χ2v) is 9.15. The van der Waals surface area contributed by atoms with Crippen molar-refractivity contribution in [2.24, 2.45) is 0 Å². The minimum Gasteiger partial charge on any atom is -0.322 e. The normalized spacial score (nSPS) is 11.1. The number of carbonyl (C=O) groups is 2. The first-order valence-electron chi connectivity index (χ1n) is 9.39. The van der Waals surface area contributed by atoms with E-state index < -0.39 is 15.9 Å². The number of sulfonamides is 1. The topological polar surface area (TPSA) is 92.3 Å². The van der Waals surface area contributed by atoms with Crippen LogP contribution >= 0.6 is 11.6 Å². The number of halogens is 1. The van der Waals surface area contributed by atoms with Crippen molar-refractivity contribution >= 4 is 44.7 Å². The number of aryl methyl sites for hydroxylation is 1. The number of benzene rings is 3. The van der Waals surface area contributed by atoms with E-state index in [9.17, 15) is 18.0 Å². The van der Waals surface area contributed by atoms with Crippen molar-refractivity contribution in [1.82, 2.24) is 0 Å². The number of anilines is 2. The predicted octanol–water partition coefficient (Wildman–Crippen LogP) is 5.21. The molecule has 0 radical (unpaired) electrons. The summed E-state index contributed by atoms with van der Waals surface area (Å²) in [4.78, 5) is 24.0. The lowest BCUT2D eigenvalue weighted by atomic mass is 10.1. The van der Waals surface area contributed by atoms with E-state index >= 15 is 0 Å². The van der Waals surface area contributed by atoms with Crippen LogP contribution < -0.4 is 10.0 Å². The van der Waals surface area contributed by atoms with Crippen LogP contribution in [0.15, 0.2) is 65.6 Å². The Hall–Kier alpha value is -3.16. The first kappa shape index (κ1) is 22.5. The summed E-state index contributed by atoms with van der Waals surface area (Å²) in [7, 11) is -4.04. The van der Waals surface area contributed by atoms with Crippen LogP contribution in [0.25, 0.3) is 0 Å². The van der Waals surface area contributed by atoms with Crippen LogP contribution in [0.4, 0.5) is 11.4 Å². The van der Waals surface area contributed by atoms with E-state index in [4.69, 9.17) is 11.6 Å². The molecule has 3 rings (SSSR count). The molecule has 0 fully saturated rings. The third kappa shape index (κ3) is 5.13. The highest BCUT2D eigenvalue weighted by atomic mass is 35.5. The van der Waals surface area contributed by atoms with Gasteiger partial charge in [-0.3, -0.25) is 14.3 Å². The molecule has 0 saturated carbocycles. The highest BCUT2D eigenvalue weighted by molar-refractivity contribution is 7.92. The molecule has 8 heteroatoms. The SMILES string of the molecule is CC(=O)c1cccc(NC(=O)c2ccc(Cl)c(S(=O)(=O)Nc3cccc(C)c3C)c2)c1. The van der Waals surface area contributed by atoms with Gasteiger partial charge in [-0.25, -0.2) is 8.42 Å². The average Bonchev–Trinajstić information content (AvgIpc) is 2.71. The van der Waals surface area contributed by atoms with E-state index in [2.05, 4.69) is 10.0 Å². The van der Waals surface area contributed by atoms with E-state index in [0.717, 1.165) is 11.1 Å². The van der Waals surface area contributed by atoms with Crippen LogP contribution in [0.2, 0.25) is 5.02 Å². The Morgan fingerprint density at radius 3 is 2.32 bits per heavy atom. The highest BCUT2D eigenvalue weighted by Crippen LogP contribution is 2.27. The average molecular weight is 457 g/mol. The third-order valence-corrected chi connectivity index (χ3v) is 6.71. The van der Waals surface area contributed by atoms with E-state index in [0.29, 0.717) is 16.9 Å². The molecule has 0 aromatic heterocycles. The van der Waals surface area contributed by atoms with Crippen molar-refractivity contribution < 1.29 is 18.0 Å². The first-order valence-corrected chi connectivity index (χ1v) is 11.3. The zero-order chi connectivity index (χ0) is 22.8. The molecule has 1 amide bonds. The van der Waals surface area contributed by atoms with E-state index in [1.54, 1.807) is 36.4 Å². The van der Waals surface area contributed by atoms with Gasteiger partial charge in [0.05, 0.1) is 10.7 Å². The zero-order valence-corrected chi connectivity index (χ0v) is 18.8. The molecular formula is C23H21ClN2O4S. The molecule has 6 nitrogen and oxygen atoms in total. The maximum atomic E-state index is 13.0. The van der Waals surface area contributed by atoms with Crippen LogP contribution in [-0.2, 0) is 10.0 Å². The molecule has 2 N–H and O–H groups in total. The minimum atomic E-state index is -4.04. The van der Waals surface area contributed by atoms with Gasteiger partial charge in [-0.05, 0) is 68.3 Å². The van der Waals surface area contributed by atoms with Gasteiger partial charge in [0, 0.05) is 16.8 Å². The molecule has 0 aliphatic carbocycles. The van der Waals surface area contributed by atoms with Gasteiger partial charge in [0.15, 0.2) is 5.78 Å². The van der Waals surface area contributed by atoms with Gasteiger partial charge in [0.25, 0.3) is 15.9 Å². The molecule has 0 unspecified atom stereocenters. The van der Waals surface area contributed by atoms with Crippen molar-refractivity contribution in [3.8, 4) is 0 Å². The molecule has 3 aromatic carbocycles. The van der Waals surface area contributed by atoms with E-state index in [1.165, 1.54) is 25.1 Å². The lowest BCUT2D eigenvalue weighted by Gasteiger charge is -2.14. The van der Waals surface area contributed by atoms with Gasteiger partial charge in [0.1, 0.15) is 4.90 Å². The van der Waals surface area contributed by atoms with Gasteiger partial charge in [-0.15, -0.1) is 0 Å². The van der Waals surface area contributed by atoms with Gasteiger partial charge in [0.2, 0.25) is 0 Å². The summed E-state index contributed by atoms with van der Waals surface area (Å²) in [5, 5.41) is 2.66. The number of hydrogen-bond donors (Lipinski definition) is 2. The Kier molecular flexibility index (Phi) is 6.48. The van der Waals surface area contributed by atoms with Crippen LogP contribution in [0, 0.1) is 13.8 Å². The summed E-state index contributed by atoms with van der Waals surface area (Å²) in [5.74, 6) is -0.658. The zero-order valence-electron chi connectivity index (χ0n) is 17.2. The van der Waals surface area contributed by atoms with Crippen LogP contribution in [0.3, 0.4) is 0 Å². The van der Waals surface area contributed by atoms with E-state index in [1.807, 2.05) is 19.9 Å². The monoisotopic (exact) mass is 456 g/mol. The number of Topliss-reactive ketones (excluding diaryl/α,β-unsaturated/α-hetero) is 1. The maximum absolute atomic E-state index is 13.0. The summed E-state index contributed by atoms with van der Waals surface area (Å²) < 4.78 is 28.5. The molecule has 0 heterocycles. The van der Waals surface area contributed by atoms with Crippen molar-refractivity contribution in [3.05, 3.63) is 87.9 Å². The Morgan fingerprint density at radius 2 is 1.61 bits per heavy atom. The standard InChI is InChI=1S/C23H21ClN2O4S/c1-14-6-4-9-21(15(14)2)26-31(29,30)22-13-18(10-11-20(22)24)23(28)25-19-8-5-7-17(12-19)16(3)27/h4-13,26H,1-3H3,(H,25,28).